The first-order chi connectivity index (χ1) is 10.1. The zero-order valence-electron chi connectivity index (χ0n) is 12.7. The van der Waals surface area contributed by atoms with E-state index in [1.54, 1.807) is 12.1 Å². The fourth-order valence-electron chi connectivity index (χ4n) is 2.90. The van der Waals surface area contributed by atoms with Gasteiger partial charge in [-0.2, -0.15) is 0 Å². The summed E-state index contributed by atoms with van der Waals surface area (Å²) in [7, 11) is 4.02. The van der Waals surface area contributed by atoms with Crippen LogP contribution in [0.15, 0.2) is 17.1 Å². The third kappa shape index (κ3) is 3.00. The molecule has 0 aromatic heterocycles. The molecule has 1 saturated carbocycles. The first-order valence-electron chi connectivity index (χ1n) is 7.66. The summed E-state index contributed by atoms with van der Waals surface area (Å²) in [6, 6.07) is 3.37. The Hall–Kier alpha value is -1.68. The summed E-state index contributed by atoms with van der Waals surface area (Å²) < 4.78 is 0. The van der Waals surface area contributed by atoms with Gasteiger partial charge in [-0.15, -0.1) is 0 Å². The zero-order valence-corrected chi connectivity index (χ0v) is 12.7. The Morgan fingerprint density at radius 1 is 1.38 bits per heavy atom. The van der Waals surface area contributed by atoms with Crippen molar-refractivity contribution in [3.8, 4) is 5.75 Å². The number of hydrogen-bond acceptors (Lipinski definition) is 4. The van der Waals surface area contributed by atoms with Crippen LogP contribution in [0.4, 0.5) is 5.69 Å². The monoisotopic (exact) mass is 286 g/mol. The van der Waals surface area contributed by atoms with Crippen LogP contribution in [-0.4, -0.2) is 42.1 Å². The van der Waals surface area contributed by atoms with Gasteiger partial charge >= 0.3 is 0 Å². The largest absolute Gasteiger partial charge is 0.506 e. The average molecular weight is 286 g/mol. The van der Waals surface area contributed by atoms with E-state index in [-0.39, 0.29) is 11.5 Å². The molecule has 4 heteroatoms. The fraction of sp³-hybridized carbons (Fsp3) is 0.529. The van der Waals surface area contributed by atoms with Gasteiger partial charge in [0.15, 0.2) is 5.78 Å². The van der Waals surface area contributed by atoms with Crippen LogP contribution in [0.25, 0.3) is 0 Å². The smallest absolute Gasteiger partial charge is 0.163 e. The summed E-state index contributed by atoms with van der Waals surface area (Å²) in [6.07, 6.45) is 4.54. The normalized spacial score (nSPS) is 17.0. The summed E-state index contributed by atoms with van der Waals surface area (Å²) in [5.41, 5.74) is 3.47. The van der Waals surface area contributed by atoms with Gasteiger partial charge in [0.05, 0.1) is 0 Å². The van der Waals surface area contributed by atoms with Crippen LogP contribution in [0.1, 0.15) is 41.6 Å². The van der Waals surface area contributed by atoms with Gasteiger partial charge < -0.3 is 10.0 Å². The van der Waals surface area contributed by atoms with Crippen LogP contribution < -0.4 is 0 Å². The second-order valence-corrected chi connectivity index (χ2v) is 6.34. The number of carbonyl (C=O) groups excluding carboxylic acids is 1. The molecule has 0 unspecified atom stereocenters. The highest BCUT2D eigenvalue weighted by molar-refractivity contribution is 6.05. The van der Waals surface area contributed by atoms with Gasteiger partial charge in [0, 0.05) is 24.1 Å². The predicted molar refractivity (Wildman–Crippen MR) is 83.7 cm³/mol. The molecule has 0 bridgehead atoms. The van der Waals surface area contributed by atoms with Crippen molar-refractivity contribution in [3.63, 3.8) is 0 Å². The molecule has 2 aliphatic rings. The van der Waals surface area contributed by atoms with Crippen LogP contribution in [0.5, 0.6) is 5.75 Å². The lowest BCUT2D eigenvalue weighted by Crippen LogP contribution is -2.14. The van der Waals surface area contributed by atoms with E-state index in [4.69, 9.17) is 0 Å². The minimum Gasteiger partial charge on any atom is -0.506 e. The van der Waals surface area contributed by atoms with E-state index >= 15 is 0 Å². The van der Waals surface area contributed by atoms with Crippen molar-refractivity contribution in [1.29, 1.82) is 0 Å². The quantitative estimate of drug-likeness (QED) is 0.818. The molecule has 21 heavy (non-hydrogen) atoms. The number of phenolic OH excluding ortho intramolecular Hbond substituents is 1. The molecule has 112 valence electrons. The Labute approximate surface area is 125 Å². The molecule has 0 saturated heterocycles. The number of rotatable bonds is 6. The standard InChI is InChI=1S/C17H22N2O2/c1-19(2)9-3-4-15(20)12-7-8-16(21)17-13(12)10-14(18-17)11-5-6-11/h7-8,11,21H,3-6,9-10H2,1-2H3. The van der Waals surface area contributed by atoms with Crippen molar-refractivity contribution in [2.45, 2.75) is 32.1 Å². The van der Waals surface area contributed by atoms with Gasteiger partial charge in [0.1, 0.15) is 11.4 Å². The number of phenols is 1. The molecule has 1 heterocycles. The number of nitrogens with zero attached hydrogens (tertiary/aromatic N) is 2. The lowest BCUT2D eigenvalue weighted by molar-refractivity contribution is 0.0976. The van der Waals surface area contributed by atoms with Crippen molar-refractivity contribution in [3.05, 3.63) is 23.3 Å². The predicted octanol–water partition coefficient (Wildman–Crippen LogP) is 2.96. The molecule has 1 aliphatic heterocycles. The summed E-state index contributed by atoms with van der Waals surface area (Å²) in [6.45, 7) is 0.913. The molecular weight excluding hydrogens is 264 g/mol. The van der Waals surface area contributed by atoms with Crippen molar-refractivity contribution in [2.24, 2.45) is 10.9 Å². The molecule has 1 N–H and O–H groups in total. The topological polar surface area (TPSA) is 52.9 Å². The summed E-state index contributed by atoms with van der Waals surface area (Å²) in [5.74, 6) is 0.944. The second-order valence-electron chi connectivity index (χ2n) is 6.34. The maximum absolute atomic E-state index is 12.4. The minimum atomic E-state index is 0.167. The number of aliphatic imine (C=N–C) groups is 1. The Bertz CT molecular complexity index is 601. The summed E-state index contributed by atoms with van der Waals surface area (Å²) in [5, 5.41) is 9.98. The van der Waals surface area contributed by atoms with Crippen molar-refractivity contribution < 1.29 is 9.90 Å². The van der Waals surface area contributed by atoms with Gasteiger partial charge in [0.25, 0.3) is 0 Å². The summed E-state index contributed by atoms with van der Waals surface area (Å²) in [4.78, 5) is 19.1. The first kappa shape index (κ1) is 14.3. The van der Waals surface area contributed by atoms with Crippen LogP contribution in [-0.2, 0) is 6.42 Å². The van der Waals surface area contributed by atoms with Gasteiger partial charge in [-0.05, 0) is 63.5 Å². The summed E-state index contributed by atoms with van der Waals surface area (Å²) >= 11 is 0. The highest BCUT2D eigenvalue weighted by Gasteiger charge is 2.33. The Morgan fingerprint density at radius 3 is 2.81 bits per heavy atom. The molecule has 4 nitrogen and oxygen atoms in total. The zero-order chi connectivity index (χ0) is 15.0. The average Bonchev–Trinajstić information content (AvgIpc) is 3.18. The number of fused-ring (bicyclic) bond motifs is 1. The van der Waals surface area contributed by atoms with Crippen LogP contribution >= 0.6 is 0 Å². The van der Waals surface area contributed by atoms with Crippen molar-refractivity contribution in [1.82, 2.24) is 4.90 Å². The van der Waals surface area contributed by atoms with Crippen LogP contribution in [0.3, 0.4) is 0 Å². The highest BCUT2D eigenvalue weighted by Crippen LogP contribution is 2.43. The molecule has 1 fully saturated rings. The van der Waals surface area contributed by atoms with Gasteiger partial charge in [-0.3, -0.25) is 9.79 Å². The van der Waals surface area contributed by atoms with E-state index in [0.29, 0.717) is 18.0 Å². The van der Waals surface area contributed by atoms with Gasteiger partial charge in [0.2, 0.25) is 0 Å². The van der Waals surface area contributed by atoms with Crippen LogP contribution in [0.2, 0.25) is 0 Å². The Balaban J connectivity index is 1.77. The van der Waals surface area contributed by atoms with E-state index in [1.165, 1.54) is 12.8 Å². The lowest BCUT2D eigenvalue weighted by atomic mass is 9.96. The van der Waals surface area contributed by atoms with E-state index in [0.717, 1.165) is 36.2 Å². The van der Waals surface area contributed by atoms with Gasteiger partial charge in [-0.1, -0.05) is 0 Å². The molecule has 1 aliphatic carbocycles. The highest BCUT2D eigenvalue weighted by atomic mass is 16.3. The maximum Gasteiger partial charge on any atom is 0.163 e. The molecule has 1 aromatic rings. The molecule has 0 amide bonds. The number of ketones is 1. The SMILES string of the molecule is CN(C)CCCC(=O)c1ccc(O)c2c1CC(C1CC1)=N2. The van der Waals surface area contributed by atoms with Crippen molar-refractivity contribution >= 4 is 17.2 Å². The third-order valence-electron chi connectivity index (χ3n) is 4.23. The second kappa shape index (κ2) is 5.60. The maximum atomic E-state index is 12.4. The van der Waals surface area contributed by atoms with Crippen molar-refractivity contribution in [2.75, 3.05) is 20.6 Å². The number of aromatic hydroxyl groups is 1. The van der Waals surface area contributed by atoms with E-state index < -0.39 is 0 Å². The van der Waals surface area contributed by atoms with E-state index in [2.05, 4.69) is 9.89 Å². The molecular formula is C17H22N2O2. The molecule has 0 radical (unpaired) electrons. The van der Waals surface area contributed by atoms with Crippen LogP contribution in [0, 0.1) is 5.92 Å². The fourth-order valence-corrected chi connectivity index (χ4v) is 2.90. The third-order valence-corrected chi connectivity index (χ3v) is 4.23. The molecule has 1 aromatic carbocycles. The van der Waals surface area contributed by atoms with E-state index in [9.17, 15) is 9.90 Å². The van der Waals surface area contributed by atoms with E-state index in [1.807, 2.05) is 14.1 Å². The number of benzene rings is 1. The van der Waals surface area contributed by atoms with Gasteiger partial charge in [-0.25, -0.2) is 0 Å². The molecule has 0 spiro atoms. The Kier molecular flexibility index (Phi) is 3.81. The molecule has 0 atom stereocenters. The number of hydrogen-bond donors (Lipinski definition) is 1. The minimum absolute atomic E-state index is 0.167. The Morgan fingerprint density at radius 2 is 2.14 bits per heavy atom. The first-order valence-corrected chi connectivity index (χ1v) is 7.66. The number of carbonyl (C=O) groups is 1. The molecule has 3 rings (SSSR count). The number of Topliss-reactive ketones (excluding diaryl/α,β-unsaturated/α-hetero) is 1. The lowest BCUT2D eigenvalue weighted by Gasteiger charge is -2.10.